The molecular formula is C22H18N6O. The Bertz CT molecular complexity index is 1410. The summed E-state index contributed by atoms with van der Waals surface area (Å²) in [6, 6.07) is 15.8. The molecule has 7 nitrogen and oxygen atoms in total. The Morgan fingerprint density at radius 1 is 1.10 bits per heavy atom. The number of H-pyrrole nitrogens is 1. The molecule has 0 bridgehead atoms. The van der Waals surface area contributed by atoms with Crippen LogP contribution < -0.4 is 5.56 Å². The highest BCUT2D eigenvalue weighted by Crippen LogP contribution is 2.21. The molecule has 29 heavy (non-hydrogen) atoms. The van der Waals surface area contributed by atoms with Crippen molar-refractivity contribution in [2.45, 2.75) is 13.3 Å². The molecule has 3 aromatic heterocycles. The maximum Gasteiger partial charge on any atom is 0.285 e. The van der Waals surface area contributed by atoms with Gasteiger partial charge in [-0.3, -0.25) is 4.79 Å². The Hall–Kier alpha value is -4.00. The van der Waals surface area contributed by atoms with Gasteiger partial charge in [-0.25, -0.2) is 9.67 Å². The van der Waals surface area contributed by atoms with Gasteiger partial charge in [0.25, 0.3) is 5.56 Å². The number of hydrogen-bond donors (Lipinski definition) is 1. The number of nitrogens with zero attached hydrogens (tertiary/aromatic N) is 5. The molecule has 1 N–H and O–H groups in total. The Morgan fingerprint density at radius 2 is 1.97 bits per heavy atom. The van der Waals surface area contributed by atoms with Crippen LogP contribution in [0.4, 0.5) is 0 Å². The lowest BCUT2D eigenvalue weighted by atomic mass is 10.1. The van der Waals surface area contributed by atoms with Crippen molar-refractivity contribution in [2.24, 2.45) is 5.10 Å². The van der Waals surface area contributed by atoms with Gasteiger partial charge in [0.05, 0.1) is 18.1 Å². The number of hydrogen-bond acceptors (Lipinski definition) is 4. The average Bonchev–Trinajstić information content (AvgIpc) is 3.38. The first-order chi connectivity index (χ1) is 14.3. The molecular weight excluding hydrogens is 364 g/mol. The second-order valence-corrected chi connectivity index (χ2v) is 6.71. The third kappa shape index (κ3) is 2.84. The Balaban J connectivity index is 1.55. The molecule has 3 heterocycles. The van der Waals surface area contributed by atoms with Gasteiger partial charge in [-0.1, -0.05) is 43.3 Å². The molecule has 0 aliphatic rings. The second kappa shape index (κ2) is 6.87. The summed E-state index contributed by atoms with van der Waals surface area (Å²) in [7, 11) is 0. The van der Waals surface area contributed by atoms with Crippen LogP contribution in [0.2, 0.25) is 0 Å². The molecule has 5 rings (SSSR count). The monoisotopic (exact) mass is 382 g/mol. The van der Waals surface area contributed by atoms with Crippen LogP contribution in [-0.4, -0.2) is 30.6 Å². The van der Waals surface area contributed by atoms with Gasteiger partial charge in [-0.15, -0.1) is 0 Å². The van der Waals surface area contributed by atoms with Crippen molar-refractivity contribution < 1.29 is 0 Å². The number of aryl methyl sites for hydroxylation is 1. The number of aromatic nitrogens is 5. The highest BCUT2D eigenvalue weighted by Gasteiger charge is 2.11. The Morgan fingerprint density at radius 3 is 2.79 bits per heavy atom. The van der Waals surface area contributed by atoms with Crippen molar-refractivity contribution in [3.63, 3.8) is 0 Å². The van der Waals surface area contributed by atoms with E-state index in [4.69, 9.17) is 0 Å². The molecule has 0 radical (unpaired) electrons. The van der Waals surface area contributed by atoms with Gasteiger partial charge in [0.15, 0.2) is 5.65 Å². The molecule has 5 aromatic rings. The highest BCUT2D eigenvalue weighted by atomic mass is 16.1. The standard InChI is InChI=1S/C22H18N6O/c1-2-15-7-6-10-18-16(11-23-20(15)18)12-25-27-14-24-21-19(22(27)29)13-26-28(21)17-8-4-3-5-9-17/h3-14,23H,2H2,1H3/b25-12+. The fraction of sp³-hybridized carbons (Fsp3) is 0.0909. The summed E-state index contributed by atoms with van der Waals surface area (Å²) >= 11 is 0. The number of nitrogens with one attached hydrogen (secondary N) is 1. The van der Waals surface area contributed by atoms with Gasteiger partial charge in [-0.05, 0) is 24.1 Å². The topological polar surface area (TPSA) is 80.9 Å². The van der Waals surface area contributed by atoms with Crippen molar-refractivity contribution in [3.8, 4) is 5.69 Å². The number of fused-ring (bicyclic) bond motifs is 2. The smallest absolute Gasteiger partial charge is 0.285 e. The summed E-state index contributed by atoms with van der Waals surface area (Å²) in [6.07, 6.45) is 7.48. The van der Waals surface area contributed by atoms with E-state index in [-0.39, 0.29) is 5.56 Å². The molecule has 2 aromatic carbocycles. The van der Waals surface area contributed by atoms with E-state index in [2.05, 4.69) is 33.2 Å². The number of para-hydroxylation sites is 2. The quantitative estimate of drug-likeness (QED) is 0.483. The van der Waals surface area contributed by atoms with E-state index in [1.165, 1.54) is 22.8 Å². The fourth-order valence-electron chi connectivity index (χ4n) is 3.51. The minimum Gasteiger partial charge on any atom is -0.360 e. The second-order valence-electron chi connectivity index (χ2n) is 6.71. The van der Waals surface area contributed by atoms with Gasteiger partial charge in [0.1, 0.15) is 11.7 Å². The van der Waals surface area contributed by atoms with E-state index in [1.807, 2.05) is 48.7 Å². The van der Waals surface area contributed by atoms with Crippen molar-refractivity contribution >= 4 is 28.2 Å². The van der Waals surface area contributed by atoms with Crippen LogP contribution in [0.5, 0.6) is 0 Å². The zero-order valence-electron chi connectivity index (χ0n) is 15.8. The van der Waals surface area contributed by atoms with Gasteiger partial charge in [0, 0.05) is 22.7 Å². The maximum atomic E-state index is 12.8. The molecule has 0 unspecified atom stereocenters. The van der Waals surface area contributed by atoms with Crippen LogP contribution in [0.1, 0.15) is 18.1 Å². The first-order valence-corrected chi connectivity index (χ1v) is 9.40. The third-order valence-corrected chi connectivity index (χ3v) is 5.01. The van der Waals surface area contributed by atoms with Crippen LogP contribution in [0, 0.1) is 0 Å². The van der Waals surface area contributed by atoms with E-state index in [0.29, 0.717) is 11.0 Å². The van der Waals surface area contributed by atoms with Crippen molar-refractivity contribution in [1.82, 2.24) is 24.4 Å². The van der Waals surface area contributed by atoms with E-state index in [1.54, 1.807) is 10.9 Å². The predicted molar refractivity (Wildman–Crippen MR) is 114 cm³/mol. The minimum absolute atomic E-state index is 0.262. The van der Waals surface area contributed by atoms with E-state index >= 15 is 0 Å². The normalized spacial score (nSPS) is 11.8. The van der Waals surface area contributed by atoms with Crippen molar-refractivity contribution in [1.29, 1.82) is 0 Å². The van der Waals surface area contributed by atoms with Gasteiger partial charge >= 0.3 is 0 Å². The zero-order chi connectivity index (χ0) is 19.8. The molecule has 0 spiro atoms. The molecule has 0 saturated heterocycles. The van der Waals surface area contributed by atoms with Crippen LogP contribution >= 0.6 is 0 Å². The van der Waals surface area contributed by atoms with Crippen LogP contribution in [0.25, 0.3) is 27.6 Å². The van der Waals surface area contributed by atoms with E-state index in [9.17, 15) is 4.79 Å². The number of rotatable bonds is 4. The molecule has 0 fully saturated rings. The van der Waals surface area contributed by atoms with Crippen LogP contribution in [0.15, 0.2) is 77.1 Å². The summed E-state index contributed by atoms with van der Waals surface area (Å²) in [4.78, 5) is 20.6. The summed E-state index contributed by atoms with van der Waals surface area (Å²) in [5, 5.41) is 10.2. The highest BCUT2D eigenvalue weighted by molar-refractivity contribution is 6.00. The van der Waals surface area contributed by atoms with E-state index < -0.39 is 0 Å². The molecule has 7 heteroatoms. The van der Waals surface area contributed by atoms with Gasteiger partial charge < -0.3 is 4.98 Å². The molecule has 0 saturated carbocycles. The van der Waals surface area contributed by atoms with Gasteiger partial charge in [-0.2, -0.15) is 14.9 Å². The molecule has 0 amide bonds. The van der Waals surface area contributed by atoms with Crippen LogP contribution in [0.3, 0.4) is 0 Å². The molecule has 142 valence electrons. The third-order valence-electron chi connectivity index (χ3n) is 5.01. The summed E-state index contributed by atoms with van der Waals surface area (Å²) < 4.78 is 2.89. The number of aromatic amines is 1. The predicted octanol–water partition coefficient (Wildman–Crippen LogP) is 3.51. The average molecular weight is 382 g/mol. The SMILES string of the molecule is CCc1cccc2c(/C=N/n3cnc4c(cnn4-c4ccccc4)c3=O)c[nH]c12. The summed E-state index contributed by atoms with van der Waals surface area (Å²) in [5.74, 6) is 0. The fourth-order valence-corrected chi connectivity index (χ4v) is 3.51. The molecule has 0 aliphatic heterocycles. The van der Waals surface area contributed by atoms with Crippen molar-refractivity contribution in [3.05, 3.63) is 88.7 Å². The van der Waals surface area contributed by atoms with Crippen molar-refractivity contribution in [2.75, 3.05) is 0 Å². The van der Waals surface area contributed by atoms with Crippen LogP contribution in [-0.2, 0) is 6.42 Å². The van der Waals surface area contributed by atoms with E-state index in [0.717, 1.165) is 28.6 Å². The minimum atomic E-state index is -0.262. The van der Waals surface area contributed by atoms with Gasteiger partial charge in [0.2, 0.25) is 0 Å². The maximum absolute atomic E-state index is 12.8. The first kappa shape index (κ1) is 17.1. The Kier molecular flexibility index (Phi) is 4.05. The summed E-state index contributed by atoms with van der Waals surface area (Å²) in [6.45, 7) is 2.12. The summed E-state index contributed by atoms with van der Waals surface area (Å²) in [5.41, 5.74) is 4.36. The number of benzene rings is 2. The lowest BCUT2D eigenvalue weighted by molar-refractivity contribution is 0.809. The zero-order valence-corrected chi connectivity index (χ0v) is 15.8. The largest absolute Gasteiger partial charge is 0.360 e. The molecule has 0 atom stereocenters. The lowest BCUT2D eigenvalue weighted by Crippen LogP contribution is -2.17. The first-order valence-electron chi connectivity index (χ1n) is 9.40. The Labute approximate surface area is 165 Å². The molecule has 0 aliphatic carbocycles. The lowest BCUT2D eigenvalue weighted by Gasteiger charge is -2.02.